The molecule has 0 saturated carbocycles. The van der Waals surface area contributed by atoms with Crippen LogP contribution in [0.1, 0.15) is 5.82 Å². The van der Waals surface area contributed by atoms with Gasteiger partial charge in [-0.15, -0.1) is 11.3 Å². The maximum atomic E-state index is 4.65. The van der Waals surface area contributed by atoms with E-state index >= 15 is 0 Å². The van der Waals surface area contributed by atoms with Gasteiger partial charge in [0.05, 0.1) is 24.1 Å². The highest BCUT2D eigenvalue weighted by molar-refractivity contribution is 7.13. The van der Waals surface area contributed by atoms with E-state index in [0.29, 0.717) is 0 Å². The number of piperazine rings is 1. The summed E-state index contributed by atoms with van der Waals surface area (Å²) >= 11 is 1.71. The minimum atomic E-state index is 0.987. The van der Waals surface area contributed by atoms with Gasteiger partial charge in [0, 0.05) is 24.7 Å². The molecule has 0 amide bonds. The van der Waals surface area contributed by atoms with Crippen molar-refractivity contribution < 1.29 is 0 Å². The molecule has 2 aromatic heterocycles. The van der Waals surface area contributed by atoms with Crippen LogP contribution in [0.25, 0.3) is 11.0 Å². The number of hydrogen-bond acceptors (Lipinski definition) is 5. The van der Waals surface area contributed by atoms with Crippen LogP contribution < -0.4 is 9.91 Å². The van der Waals surface area contributed by atoms with Crippen molar-refractivity contribution in [2.45, 2.75) is 6.92 Å². The van der Waals surface area contributed by atoms with Crippen molar-refractivity contribution in [2.75, 3.05) is 36.1 Å². The van der Waals surface area contributed by atoms with Crippen molar-refractivity contribution in [1.82, 2.24) is 14.6 Å². The Morgan fingerprint density at radius 1 is 1.10 bits per heavy atom. The Labute approximate surface area is 127 Å². The number of hydrogen-bond donors (Lipinski definition) is 0. The van der Waals surface area contributed by atoms with Gasteiger partial charge in [0.25, 0.3) is 0 Å². The SMILES string of the molecule is Cc1nc2ccccc2n1N1CCN(c2nccs2)CC1. The molecule has 1 fully saturated rings. The molecule has 0 atom stereocenters. The smallest absolute Gasteiger partial charge is 0.185 e. The third-order valence-corrected chi connectivity index (χ3v) is 4.76. The standard InChI is InChI=1S/C15H17N5S/c1-12-17-13-4-2-3-5-14(13)20(12)19-9-7-18(8-10-19)15-16-6-11-21-15/h2-6,11H,7-10H2,1H3. The average Bonchev–Trinajstić information content (AvgIpc) is 3.14. The minimum Gasteiger partial charge on any atom is -0.344 e. The van der Waals surface area contributed by atoms with Gasteiger partial charge in [-0.25, -0.2) is 14.6 Å². The number of benzene rings is 1. The van der Waals surface area contributed by atoms with Crippen LogP contribution in [0.15, 0.2) is 35.8 Å². The van der Waals surface area contributed by atoms with Gasteiger partial charge < -0.3 is 9.91 Å². The lowest BCUT2D eigenvalue weighted by molar-refractivity contribution is 0.528. The maximum Gasteiger partial charge on any atom is 0.185 e. The van der Waals surface area contributed by atoms with Crippen LogP contribution >= 0.6 is 11.3 Å². The molecular formula is C15H17N5S. The van der Waals surface area contributed by atoms with Gasteiger partial charge in [-0.05, 0) is 19.1 Å². The van der Waals surface area contributed by atoms with E-state index in [1.165, 1.54) is 5.52 Å². The van der Waals surface area contributed by atoms with Crippen LogP contribution in [-0.4, -0.2) is 40.8 Å². The Morgan fingerprint density at radius 2 is 1.90 bits per heavy atom. The zero-order valence-electron chi connectivity index (χ0n) is 11.9. The highest BCUT2D eigenvalue weighted by atomic mass is 32.1. The largest absolute Gasteiger partial charge is 0.344 e. The lowest BCUT2D eigenvalue weighted by atomic mass is 10.3. The Balaban J connectivity index is 1.59. The van der Waals surface area contributed by atoms with Crippen LogP contribution in [0.4, 0.5) is 5.13 Å². The van der Waals surface area contributed by atoms with E-state index in [4.69, 9.17) is 0 Å². The Bertz CT molecular complexity index is 741. The molecule has 0 unspecified atom stereocenters. The first kappa shape index (κ1) is 12.6. The first-order valence-electron chi connectivity index (χ1n) is 7.17. The minimum absolute atomic E-state index is 0.987. The summed E-state index contributed by atoms with van der Waals surface area (Å²) in [7, 11) is 0. The summed E-state index contributed by atoms with van der Waals surface area (Å²) in [5.74, 6) is 1.05. The van der Waals surface area contributed by atoms with Gasteiger partial charge in [-0.2, -0.15) is 0 Å². The molecule has 0 N–H and O–H groups in total. The van der Waals surface area contributed by atoms with E-state index in [9.17, 15) is 0 Å². The lowest BCUT2D eigenvalue weighted by Crippen LogP contribution is -2.51. The summed E-state index contributed by atoms with van der Waals surface area (Å²) in [6, 6.07) is 8.33. The van der Waals surface area contributed by atoms with Crippen LogP contribution in [-0.2, 0) is 0 Å². The van der Waals surface area contributed by atoms with Crippen molar-refractivity contribution in [3.05, 3.63) is 41.7 Å². The number of aromatic nitrogens is 3. The van der Waals surface area contributed by atoms with Gasteiger partial charge in [0.2, 0.25) is 0 Å². The van der Waals surface area contributed by atoms with E-state index in [-0.39, 0.29) is 0 Å². The van der Waals surface area contributed by atoms with Crippen molar-refractivity contribution in [1.29, 1.82) is 0 Å². The van der Waals surface area contributed by atoms with E-state index in [2.05, 4.69) is 49.7 Å². The summed E-state index contributed by atoms with van der Waals surface area (Å²) in [5.41, 5.74) is 2.26. The fraction of sp³-hybridized carbons (Fsp3) is 0.333. The van der Waals surface area contributed by atoms with Crippen LogP contribution in [0.5, 0.6) is 0 Å². The Hall–Kier alpha value is -2.08. The van der Waals surface area contributed by atoms with Crippen LogP contribution in [0.3, 0.4) is 0 Å². The van der Waals surface area contributed by atoms with E-state index < -0.39 is 0 Å². The predicted molar refractivity (Wildman–Crippen MR) is 86.7 cm³/mol. The molecule has 1 aliphatic heterocycles. The summed E-state index contributed by atoms with van der Waals surface area (Å²) in [6.07, 6.45) is 1.87. The van der Waals surface area contributed by atoms with Crippen molar-refractivity contribution in [2.24, 2.45) is 0 Å². The molecule has 0 bridgehead atoms. The number of nitrogens with zero attached hydrogens (tertiary/aromatic N) is 5. The zero-order valence-corrected chi connectivity index (χ0v) is 12.8. The number of fused-ring (bicyclic) bond motifs is 1. The summed E-state index contributed by atoms with van der Waals surface area (Å²) in [6.45, 7) is 6.05. The molecule has 21 heavy (non-hydrogen) atoms. The van der Waals surface area contributed by atoms with Crippen molar-refractivity contribution in [3.8, 4) is 0 Å². The van der Waals surface area contributed by atoms with E-state index in [1.54, 1.807) is 11.3 Å². The molecule has 3 aromatic rings. The van der Waals surface area contributed by atoms with E-state index in [1.807, 2.05) is 17.6 Å². The first-order chi connectivity index (χ1) is 10.3. The second-order valence-electron chi connectivity index (χ2n) is 5.21. The number of rotatable bonds is 2. The number of para-hydroxylation sites is 2. The average molecular weight is 299 g/mol. The maximum absolute atomic E-state index is 4.65. The topological polar surface area (TPSA) is 37.2 Å². The fourth-order valence-electron chi connectivity index (χ4n) is 2.95. The molecule has 1 aliphatic rings. The molecule has 0 radical (unpaired) electrons. The van der Waals surface area contributed by atoms with Gasteiger partial charge in [-0.1, -0.05) is 12.1 Å². The van der Waals surface area contributed by atoms with Gasteiger partial charge in [0.15, 0.2) is 5.13 Å². The third-order valence-electron chi connectivity index (χ3n) is 3.93. The van der Waals surface area contributed by atoms with Gasteiger partial charge in [-0.3, -0.25) is 0 Å². The second kappa shape index (κ2) is 5.04. The van der Waals surface area contributed by atoms with Gasteiger partial charge in [0.1, 0.15) is 5.82 Å². The summed E-state index contributed by atoms with van der Waals surface area (Å²) < 4.78 is 2.26. The quantitative estimate of drug-likeness (QED) is 0.727. The number of thiazole rings is 1. The molecule has 1 aromatic carbocycles. The number of imidazole rings is 1. The summed E-state index contributed by atoms with van der Waals surface area (Å²) in [5, 5.41) is 5.55. The zero-order chi connectivity index (χ0) is 14.2. The Morgan fingerprint density at radius 3 is 2.67 bits per heavy atom. The van der Waals surface area contributed by atoms with Gasteiger partial charge >= 0.3 is 0 Å². The number of anilines is 1. The third kappa shape index (κ3) is 2.15. The monoisotopic (exact) mass is 299 g/mol. The molecule has 6 heteroatoms. The molecule has 0 spiro atoms. The fourth-order valence-corrected chi connectivity index (χ4v) is 3.65. The van der Waals surface area contributed by atoms with Crippen molar-refractivity contribution in [3.63, 3.8) is 0 Å². The Kier molecular flexibility index (Phi) is 3.03. The highest BCUT2D eigenvalue weighted by Crippen LogP contribution is 2.21. The molecular weight excluding hydrogens is 282 g/mol. The molecule has 5 nitrogen and oxygen atoms in total. The highest BCUT2D eigenvalue weighted by Gasteiger charge is 2.21. The molecule has 0 aliphatic carbocycles. The molecule has 4 rings (SSSR count). The molecule has 3 heterocycles. The van der Waals surface area contributed by atoms with Crippen molar-refractivity contribution >= 4 is 27.5 Å². The molecule has 1 saturated heterocycles. The second-order valence-corrected chi connectivity index (χ2v) is 6.09. The number of aryl methyl sites for hydroxylation is 1. The summed E-state index contributed by atoms with van der Waals surface area (Å²) in [4.78, 5) is 11.4. The first-order valence-corrected chi connectivity index (χ1v) is 8.04. The lowest BCUT2D eigenvalue weighted by Gasteiger charge is -2.37. The van der Waals surface area contributed by atoms with Crippen LogP contribution in [0.2, 0.25) is 0 Å². The predicted octanol–water partition coefficient (Wildman–Crippen LogP) is 2.26. The normalized spacial score (nSPS) is 15.9. The molecule has 108 valence electrons. The van der Waals surface area contributed by atoms with E-state index in [0.717, 1.165) is 42.7 Å². The van der Waals surface area contributed by atoms with Crippen LogP contribution in [0, 0.1) is 6.92 Å².